The largest absolute Gasteiger partial charge is 0.465 e. The third kappa shape index (κ3) is 2.47. The summed E-state index contributed by atoms with van der Waals surface area (Å²) in [5.41, 5.74) is 0. The fourth-order valence-electron chi connectivity index (χ4n) is 1.19. The maximum Gasteiger partial charge on any atom is 0.407 e. The number of carbonyl (C=O) groups excluding carboxylic acids is 1. The molecule has 0 saturated carbocycles. The first-order valence-electron chi connectivity index (χ1n) is 4.21. The molecule has 1 aliphatic heterocycles. The van der Waals surface area contributed by atoms with Crippen LogP contribution in [0.4, 0.5) is 4.79 Å². The van der Waals surface area contributed by atoms with Crippen LogP contribution in [0, 0.1) is 11.8 Å². The summed E-state index contributed by atoms with van der Waals surface area (Å²) < 4.78 is 5.12. The number of ether oxygens (including phenoxy) is 1. The molecule has 1 saturated heterocycles. The van der Waals surface area contributed by atoms with Gasteiger partial charge < -0.3 is 14.7 Å². The van der Waals surface area contributed by atoms with Crippen molar-refractivity contribution in [3.8, 4) is 11.8 Å². The van der Waals surface area contributed by atoms with Crippen molar-refractivity contribution < 1.29 is 19.4 Å². The summed E-state index contributed by atoms with van der Waals surface area (Å²) in [6.45, 7) is 2.17. The van der Waals surface area contributed by atoms with Crippen LogP contribution in [0.25, 0.3) is 0 Å². The Labute approximate surface area is 81.6 Å². The number of hydrogen-bond acceptors (Lipinski definition) is 3. The second-order valence-electron chi connectivity index (χ2n) is 2.83. The highest BCUT2D eigenvalue weighted by molar-refractivity contribution is 5.99. The molecule has 1 fully saturated rings. The van der Waals surface area contributed by atoms with Gasteiger partial charge in [0, 0.05) is 6.54 Å². The van der Waals surface area contributed by atoms with Crippen molar-refractivity contribution in [3.63, 3.8) is 0 Å². The van der Waals surface area contributed by atoms with E-state index < -0.39 is 12.2 Å². The monoisotopic (exact) mass is 197 g/mol. The van der Waals surface area contributed by atoms with E-state index in [1.165, 1.54) is 0 Å². The zero-order chi connectivity index (χ0) is 10.6. The van der Waals surface area contributed by atoms with E-state index in [-0.39, 0.29) is 18.9 Å². The highest BCUT2D eigenvalue weighted by Gasteiger charge is 2.27. The molecule has 1 aliphatic rings. The second kappa shape index (κ2) is 4.63. The molecule has 0 spiro atoms. The molecule has 14 heavy (non-hydrogen) atoms. The van der Waals surface area contributed by atoms with Crippen molar-refractivity contribution in [1.82, 2.24) is 4.90 Å². The number of ketones is 1. The van der Waals surface area contributed by atoms with Gasteiger partial charge in [0.2, 0.25) is 5.78 Å². The number of morpholine rings is 1. The Morgan fingerprint density at radius 1 is 1.57 bits per heavy atom. The molecule has 1 atom stereocenters. The van der Waals surface area contributed by atoms with Crippen molar-refractivity contribution in [2.45, 2.75) is 13.0 Å². The van der Waals surface area contributed by atoms with E-state index in [0.717, 1.165) is 4.90 Å². The lowest BCUT2D eigenvalue weighted by Crippen LogP contribution is -2.47. The van der Waals surface area contributed by atoms with Crippen LogP contribution < -0.4 is 0 Å². The first-order valence-corrected chi connectivity index (χ1v) is 4.21. The number of carbonyl (C=O) groups is 2. The first-order chi connectivity index (χ1) is 6.65. The summed E-state index contributed by atoms with van der Waals surface area (Å²) in [5, 5.41) is 8.69. The minimum Gasteiger partial charge on any atom is -0.465 e. The summed E-state index contributed by atoms with van der Waals surface area (Å²) in [6.07, 6.45) is -1.76. The highest BCUT2D eigenvalue weighted by atomic mass is 16.5. The number of carboxylic acid groups (broad SMARTS) is 1. The predicted octanol–water partition coefficient (Wildman–Crippen LogP) is -0.0424. The van der Waals surface area contributed by atoms with Crippen molar-refractivity contribution in [1.29, 1.82) is 0 Å². The minimum atomic E-state index is -1.03. The molecular weight excluding hydrogens is 186 g/mol. The van der Waals surface area contributed by atoms with Crippen molar-refractivity contribution in [2.75, 3.05) is 19.7 Å². The number of rotatable bonds is 1. The average Bonchev–Trinajstić information content (AvgIpc) is 2.18. The SMILES string of the molecule is CC#CC(=O)[C@H]1CN(C(=O)O)CCO1. The van der Waals surface area contributed by atoms with Crippen LogP contribution in [0.15, 0.2) is 0 Å². The van der Waals surface area contributed by atoms with Crippen molar-refractivity contribution in [3.05, 3.63) is 0 Å². The Morgan fingerprint density at radius 3 is 2.86 bits per heavy atom. The Morgan fingerprint density at radius 2 is 2.29 bits per heavy atom. The Bertz CT molecular complexity index is 302. The van der Waals surface area contributed by atoms with Crippen molar-refractivity contribution in [2.24, 2.45) is 0 Å². The van der Waals surface area contributed by atoms with Gasteiger partial charge in [0.05, 0.1) is 13.2 Å². The molecule has 5 nitrogen and oxygen atoms in total. The van der Waals surface area contributed by atoms with Crippen LogP contribution in [-0.4, -0.2) is 47.7 Å². The zero-order valence-electron chi connectivity index (χ0n) is 7.82. The van der Waals surface area contributed by atoms with E-state index in [9.17, 15) is 9.59 Å². The third-order valence-electron chi connectivity index (χ3n) is 1.88. The number of amides is 1. The van der Waals surface area contributed by atoms with Gasteiger partial charge in [-0.25, -0.2) is 4.79 Å². The lowest BCUT2D eigenvalue weighted by Gasteiger charge is -2.28. The van der Waals surface area contributed by atoms with E-state index >= 15 is 0 Å². The molecule has 76 valence electrons. The van der Waals surface area contributed by atoms with Crippen LogP contribution in [-0.2, 0) is 9.53 Å². The number of nitrogens with zero attached hydrogens (tertiary/aromatic N) is 1. The first kappa shape index (κ1) is 10.5. The van der Waals surface area contributed by atoms with Gasteiger partial charge in [-0.2, -0.15) is 0 Å². The van der Waals surface area contributed by atoms with Crippen LogP contribution in [0.1, 0.15) is 6.92 Å². The van der Waals surface area contributed by atoms with E-state index in [1.807, 2.05) is 0 Å². The summed E-state index contributed by atoms with van der Waals surface area (Å²) in [4.78, 5) is 23.0. The summed E-state index contributed by atoms with van der Waals surface area (Å²) >= 11 is 0. The van der Waals surface area contributed by atoms with Crippen LogP contribution in [0.5, 0.6) is 0 Å². The lowest BCUT2D eigenvalue weighted by atomic mass is 10.2. The van der Waals surface area contributed by atoms with E-state index in [4.69, 9.17) is 9.84 Å². The maximum absolute atomic E-state index is 11.2. The fraction of sp³-hybridized carbons (Fsp3) is 0.556. The fourth-order valence-corrected chi connectivity index (χ4v) is 1.19. The van der Waals surface area contributed by atoms with Gasteiger partial charge in [-0.15, -0.1) is 0 Å². The Balaban J connectivity index is 2.58. The molecule has 1 heterocycles. The molecule has 0 radical (unpaired) electrons. The maximum atomic E-state index is 11.2. The van der Waals surface area contributed by atoms with Gasteiger partial charge in [0.25, 0.3) is 0 Å². The standard InChI is InChI=1S/C9H11NO4/c1-2-3-7(11)8-6-10(9(12)13)4-5-14-8/h8H,4-6H2,1H3,(H,12,13)/t8-/m1/s1. The molecule has 0 aromatic carbocycles. The number of Topliss-reactive ketones (excluding diaryl/α,β-unsaturated/α-hetero) is 1. The van der Waals surface area contributed by atoms with Crippen LogP contribution in [0.2, 0.25) is 0 Å². The second-order valence-corrected chi connectivity index (χ2v) is 2.83. The van der Waals surface area contributed by atoms with Gasteiger partial charge >= 0.3 is 6.09 Å². The van der Waals surface area contributed by atoms with Gasteiger partial charge in [-0.05, 0) is 12.8 Å². The quantitative estimate of drug-likeness (QED) is 0.473. The van der Waals surface area contributed by atoms with E-state index in [0.29, 0.717) is 6.54 Å². The molecule has 1 rings (SSSR count). The molecule has 0 aliphatic carbocycles. The highest BCUT2D eigenvalue weighted by Crippen LogP contribution is 2.05. The molecule has 0 aromatic rings. The van der Waals surface area contributed by atoms with Crippen molar-refractivity contribution >= 4 is 11.9 Å². The normalized spacial score (nSPS) is 20.9. The van der Waals surface area contributed by atoms with E-state index in [1.54, 1.807) is 6.92 Å². The van der Waals surface area contributed by atoms with Gasteiger partial charge in [-0.3, -0.25) is 4.79 Å². The molecule has 0 aromatic heterocycles. The van der Waals surface area contributed by atoms with Gasteiger partial charge in [0.15, 0.2) is 0 Å². The van der Waals surface area contributed by atoms with Crippen LogP contribution in [0.3, 0.4) is 0 Å². The summed E-state index contributed by atoms with van der Waals surface area (Å²) in [5.74, 6) is 4.44. The lowest BCUT2D eigenvalue weighted by molar-refractivity contribution is -0.129. The Kier molecular flexibility index (Phi) is 3.48. The summed E-state index contributed by atoms with van der Waals surface area (Å²) in [6, 6.07) is 0. The summed E-state index contributed by atoms with van der Waals surface area (Å²) in [7, 11) is 0. The van der Waals surface area contributed by atoms with Gasteiger partial charge in [0.1, 0.15) is 6.10 Å². The topological polar surface area (TPSA) is 66.8 Å². The molecule has 1 amide bonds. The van der Waals surface area contributed by atoms with Crippen LogP contribution >= 0.6 is 0 Å². The number of hydrogen-bond donors (Lipinski definition) is 1. The molecule has 0 bridgehead atoms. The average molecular weight is 197 g/mol. The van der Waals surface area contributed by atoms with E-state index in [2.05, 4.69) is 11.8 Å². The molecular formula is C9H11NO4. The molecule has 1 N–H and O–H groups in total. The predicted molar refractivity (Wildman–Crippen MR) is 47.8 cm³/mol. The molecule has 5 heteroatoms. The minimum absolute atomic E-state index is 0.0723. The zero-order valence-corrected chi connectivity index (χ0v) is 7.82. The smallest absolute Gasteiger partial charge is 0.407 e. The molecule has 0 unspecified atom stereocenters. The Hall–Kier alpha value is -1.54. The third-order valence-corrected chi connectivity index (χ3v) is 1.88. The van der Waals surface area contributed by atoms with Gasteiger partial charge in [-0.1, -0.05) is 5.92 Å².